The lowest BCUT2D eigenvalue weighted by Gasteiger charge is -2.32. The van der Waals surface area contributed by atoms with E-state index < -0.39 is 0 Å². The molecule has 0 aromatic rings. The van der Waals surface area contributed by atoms with Crippen LogP contribution in [0.3, 0.4) is 0 Å². The van der Waals surface area contributed by atoms with Gasteiger partial charge in [0.15, 0.2) is 0 Å². The first-order valence-electron chi connectivity index (χ1n) is 5.32. The molecule has 0 aromatic heterocycles. The smallest absolute Gasteiger partial charge is 0.146 e. The molecule has 84 valence electrons. The third kappa shape index (κ3) is 3.83. The maximum absolute atomic E-state index is 5.91. The molecule has 0 radical (unpaired) electrons. The lowest BCUT2D eigenvalue weighted by atomic mass is 10.1. The van der Waals surface area contributed by atoms with E-state index in [1.165, 1.54) is 0 Å². The molecule has 15 heavy (non-hydrogen) atoms. The molecule has 1 heterocycles. The highest BCUT2D eigenvalue weighted by Gasteiger charge is 2.17. The Hall–Kier alpha value is -1.16. The van der Waals surface area contributed by atoms with Crippen LogP contribution in [0.2, 0.25) is 0 Å². The van der Waals surface area contributed by atoms with E-state index in [1.54, 1.807) is 6.20 Å². The molecular weight excluding hydrogens is 188 g/mol. The molecule has 4 nitrogen and oxygen atoms in total. The van der Waals surface area contributed by atoms with Crippen molar-refractivity contribution >= 4 is 12.4 Å². The average molecular weight is 208 g/mol. The van der Waals surface area contributed by atoms with Gasteiger partial charge in [-0.25, -0.2) is 4.99 Å². The van der Waals surface area contributed by atoms with Gasteiger partial charge in [0.2, 0.25) is 0 Å². The predicted octanol–water partition coefficient (Wildman–Crippen LogP) is 1.39. The largest absolute Gasteiger partial charge is 0.354 e. The summed E-state index contributed by atoms with van der Waals surface area (Å²) in [5.41, 5.74) is 6.92. The van der Waals surface area contributed by atoms with E-state index in [0.717, 1.165) is 37.5 Å². The van der Waals surface area contributed by atoms with Crippen LogP contribution < -0.4 is 5.73 Å². The zero-order valence-corrected chi connectivity index (χ0v) is 9.61. The second-order valence-corrected chi connectivity index (χ2v) is 4.07. The van der Waals surface area contributed by atoms with Gasteiger partial charge in [-0.2, -0.15) is 0 Å². The molecule has 0 aliphatic carbocycles. The van der Waals surface area contributed by atoms with E-state index in [9.17, 15) is 0 Å². The molecule has 0 saturated carbocycles. The first kappa shape index (κ1) is 11.9. The van der Waals surface area contributed by atoms with Crippen LogP contribution >= 0.6 is 0 Å². The minimum Gasteiger partial charge on any atom is -0.354 e. The molecule has 0 spiro atoms. The topological polar surface area (TPSA) is 54.0 Å². The van der Waals surface area contributed by atoms with Gasteiger partial charge in [0.05, 0.1) is 6.20 Å². The minimum atomic E-state index is 0.246. The number of likely N-dealkylation sites (tertiary alicyclic amines) is 1. The summed E-state index contributed by atoms with van der Waals surface area (Å²) in [6.45, 7) is 9.33. The molecule has 1 aliphatic heterocycles. The Morgan fingerprint density at radius 3 is 2.80 bits per heavy atom. The number of hydrogen-bond acceptors (Lipinski definition) is 4. The Bertz CT molecular complexity index is 276. The summed E-state index contributed by atoms with van der Waals surface area (Å²) < 4.78 is 0. The fraction of sp³-hybridized carbons (Fsp3) is 0.636. The molecular formula is C11H20N4. The number of hydrogen-bond donors (Lipinski definition) is 1. The Morgan fingerprint density at radius 1 is 1.53 bits per heavy atom. The van der Waals surface area contributed by atoms with Crippen molar-refractivity contribution < 1.29 is 0 Å². The predicted molar refractivity (Wildman–Crippen MR) is 65.2 cm³/mol. The van der Waals surface area contributed by atoms with Crippen LogP contribution in [0, 0.1) is 0 Å². The third-order valence-electron chi connectivity index (χ3n) is 2.38. The minimum absolute atomic E-state index is 0.246. The van der Waals surface area contributed by atoms with Gasteiger partial charge in [0, 0.05) is 24.8 Å². The quantitative estimate of drug-likeness (QED) is 0.713. The SMILES string of the molecule is C=N/C(=C\N=C(C)C)N1CCC[C@H](N)C1. The molecule has 1 saturated heterocycles. The maximum atomic E-state index is 5.91. The van der Waals surface area contributed by atoms with Crippen LogP contribution in [0.5, 0.6) is 0 Å². The summed E-state index contributed by atoms with van der Waals surface area (Å²) in [6, 6.07) is 0.246. The van der Waals surface area contributed by atoms with Crippen LogP contribution in [-0.4, -0.2) is 36.5 Å². The van der Waals surface area contributed by atoms with E-state index in [2.05, 4.69) is 21.6 Å². The fourth-order valence-electron chi connectivity index (χ4n) is 1.63. The number of aliphatic imine (C=N–C) groups is 2. The molecule has 1 aliphatic rings. The van der Waals surface area contributed by atoms with Gasteiger partial charge >= 0.3 is 0 Å². The van der Waals surface area contributed by atoms with Crippen molar-refractivity contribution in [2.45, 2.75) is 32.7 Å². The van der Waals surface area contributed by atoms with E-state index in [4.69, 9.17) is 5.73 Å². The van der Waals surface area contributed by atoms with Gasteiger partial charge < -0.3 is 10.6 Å². The third-order valence-corrected chi connectivity index (χ3v) is 2.38. The number of rotatable bonds is 3. The normalized spacial score (nSPS) is 22.5. The Balaban J connectivity index is 2.69. The van der Waals surface area contributed by atoms with E-state index in [-0.39, 0.29) is 6.04 Å². The molecule has 4 heteroatoms. The summed E-state index contributed by atoms with van der Waals surface area (Å²) in [4.78, 5) is 10.4. The molecule has 0 bridgehead atoms. The second kappa shape index (κ2) is 5.66. The maximum Gasteiger partial charge on any atom is 0.146 e. The first-order chi connectivity index (χ1) is 7.13. The molecule has 1 rings (SSSR count). The van der Waals surface area contributed by atoms with Crippen molar-refractivity contribution in [3.8, 4) is 0 Å². The van der Waals surface area contributed by atoms with Gasteiger partial charge in [-0.1, -0.05) is 0 Å². The summed E-state index contributed by atoms with van der Waals surface area (Å²) in [5, 5.41) is 0. The average Bonchev–Trinajstić information content (AvgIpc) is 2.18. The van der Waals surface area contributed by atoms with Crippen molar-refractivity contribution in [1.82, 2.24) is 4.90 Å². The van der Waals surface area contributed by atoms with Gasteiger partial charge in [0.25, 0.3) is 0 Å². The van der Waals surface area contributed by atoms with Crippen LogP contribution in [0.25, 0.3) is 0 Å². The van der Waals surface area contributed by atoms with Gasteiger partial charge in [-0.15, -0.1) is 0 Å². The Kier molecular flexibility index (Phi) is 4.49. The van der Waals surface area contributed by atoms with Crippen molar-refractivity contribution in [3.63, 3.8) is 0 Å². The summed E-state index contributed by atoms with van der Waals surface area (Å²) in [6.07, 6.45) is 3.97. The van der Waals surface area contributed by atoms with E-state index >= 15 is 0 Å². The molecule has 2 N–H and O–H groups in total. The highest BCUT2D eigenvalue weighted by atomic mass is 15.2. The van der Waals surface area contributed by atoms with Crippen LogP contribution in [-0.2, 0) is 0 Å². The molecule has 1 atom stereocenters. The van der Waals surface area contributed by atoms with Crippen molar-refractivity contribution in [1.29, 1.82) is 0 Å². The Morgan fingerprint density at radius 2 is 2.27 bits per heavy atom. The standard InChI is InChI=1S/C11H20N4/c1-9(2)14-7-11(13-3)15-6-4-5-10(12)8-15/h7,10H,3-6,8,12H2,1-2H3/b11-7+/t10-/m0/s1. The van der Waals surface area contributed by atoms with Crippen molar-refractivity contribution in [2.75, 3.05) is 13.1 Å². The Labute approximate surface area is 91.6 Å². The molecule has 1 fully saturated rings. The van der Waals surface area contributed by atoms with Gasteiger partial charge in [0.1, 0.15) is 5.82 Å². The molecule has 0 unspecified atom stereocenters. The summed E-state index contributed by atoms with van der Waals surface area (Å²) in [5.74, 6) is 0.825. The van der Waals surface area contributed by atoms with E-state index in [1.807, 2.05) is 13.8 Å². The van der Waals surface area contributed by atoms with Crippen LogP contribution in [0.1, 0.15) is 26.7 Å². The zero-order valence-electron chi connectivity index (χ0n) is 9.61. The zero-order chi connectivity index (χ0) is 11.3. The first-order valence-corrected chi connectivity index (χ1v) is 5.32. The highest BCUT2D eigenvalue weighted by Crippen LogP contribution is 2.14. The van der Waals surface area contributed by atoms with Gasteiger partial charge in [-0.05, 0) is 33.4 Å². The van der Waals surface area contributed by atoms with E-state index in [0.29, 0.717) is 0 Å². The summed E-state index contributed by atoms with van der Waals surface area (Å²) in [7, 11) is 0. The van der Waals surface area contributed by atoms with Crippen LogP contribution in [0.15, 0.2) is 22.0 Å². The number of nitrogens with zero attached hydrogens (tertiary/aromatic N) is 3. The highest BCUT2D eigenvalue weighted by molar-refractivity contribution is 5.79. The van der Waals surface area contributed by atoms with Crippen LogP contribution in [0.4, 0.5) is 0 Å². The summed E-state index contributed by atoms with van der Waals surface area (Å²) >= 11 is 0. The second-order valence-electron chi connectivity index (χ2n) is 4.07. The monoisotopic (exact) mass is 208 g/mol. The molecule has 0 amide bonds. The van der Waals surface area contributed by atoms with Crippen molar-refractivity contribution in [2.24, 2.45) is 15.7 Å². The number of piperidine rings is 1. The lowest BCUT2D eigenvalue weighted by molar-refractivity contribution is 0.257. The van der Waals surface area contributed by atoms with Crippen molar-refractivity contribution in [3.05, 3.63) is 12.0 Å². The number of nitrogens with two attached hydrogens (primary N) is 1. The lowest BCUT2D eigenvalue weighted by Crippen LogP contribution is -2.41. The van der Waals surface area contributed by atoms with Gasteiger partial charge in [-0.3, -0.25) is 4.99 Å². The molecule has 0 aromatic carbocycles. The fourth-order valence-corrected chi connectivity index (χ4v) is 1.63.